The van der Waals surface area contributed by atoms with E-state index in [-0.39, 0.29) is 12.1 Å². The van der Waals surface area contributed by atoms with E-state index in [4.69, 9.17) is 4.74 Å². The molecule has 1 aromatic rings. The molecule has 2 amide bonds. The van der Waals surface area contributed by atoms with Crippen LogP contribution in [0.15, 0.2) is 24.3 Å². The second-order valence-electron chi connectivity index (χ2n) is 6.37. The van der Waals surface area contributed by atoms with Gasteiger partial charge in [-0.25, -0.2) is 4.79 Å². The Morgan fingerprint density at radius 2 is 2.32 bits per heavy atom. The lowest BCUT2D eigenvalue weighted by Crippen LogP contribution is -2.44. The Morgan fingerprint density at radius 3 is 3.05 bits per heavy atom. The molecule has 1 fully saturated rings. The van der Waals surface area contributed by atoms with Gasteiger partial charge in [0, 0.05) is 19.7 Å². The van der Waals surface area contributed by atoms with E-state index in [2.05, 4.69) is 17.4 Å². The molecule has 2 aliphatic rings. The van der Waals surface area contributed by atoms with E-state index in [1.807, 2.05) is 24.0 Å². The van der Waals surface area contributed by atoms with Crippen LogP contribution in [0.3, 0.4) is 0 Å². The van der Waals surface area contributed by atoms with Crippen molar-refractivity contribution in [3.05, 3.63) is 35.4 Å². The summed E-state index contributed by atoms with van der Waals surface area (Å²) in [6.45, 7) is 4.26. The van der Waals surface area contributed by atoms with E-state index in [9.17, 15) is 9.90 Å². The number of carbonyl (C=O) groups excluding carboxylic acids is 1. The van der Waals surface area contributed by atoms with Crippen LogP contribution >= 0.6 is 0 Å². The molecule has 0 aromatic heterocycles. The highest BCUT2D eigenvalue weighted by Crippen LogP contribution is 2.32. The summed E-state index contributed by atoms with van der Waals surface area (Å²) in [6.07, 6.45) is 2.16. The summed E-state index contributed by atoms with van der Waals surface area (Å²) in [7, 11) is 0. The average Bonchev–Trinajstić information content (AvgIpc) is 2.85. The van der Waals surface area contributed by atoms with Crippen LogP contribution in [-0.2, 0) is 11.3 Å². The van der Waals surface area contributed by atoms with E-state index in [1.165, 1.54) is 11.1 Å². The molecule has 120 valence electrons. The fourth-order valence-corrected chi connectivity index (χ4v) is 3.36. The molecule has 1 unspecified atom stereocenters. The van der Waals surface area contributed by atoms with Crippen LogP contribution in [0.1, 0.15) is 43.4 Å². The van der Waals surface area contributed by atoms with E-state index >= 15 is 0 Å². The molecule has 2 atom stereocenters. The molecule has 22 heavy (non-hydrogen) atoms. The van der Waals surface area contributed by atoms with Crippen LogP contribution in [0.5, 0.6) is 0 Å². The third-order valence-corrected chi connectivity index (χ3v) is 4.74. The average molecular weight is 304 g/mol. The number of carbonyl (C=O) groups is 1. The van der Waals surface area contributed by atoms with Crippen molar-refractivity contribution < 1.29 is 14.6 Å². The number of amides is 2. The Morgan fingerprint density at radius 1 is 1.50 bits per heavy atom. The molecule has 5 heteroatoms. The number of nitrogens with zero attached hydrogens (tertiary/aromatic N) is 1. The fourth-order valence-electron chi connectivity index (χ4n) is 3.36. The number of benzene rings is 1. The molecule has 0 saturated carbocycles. The molecule has 0 radical (unpaired) electrons. The largest absolute Gasteiger partial charge is 0.387 e. The van der Waals surface area contributed by atoms with Gasteiger partial charge in [0.25, 0.3) is 0 Å². The van der Waals surface area contributed by atoms with Crippen molar-refractivity contribution >= 4 is 6.03 Å². The van der Waals surface area contributed by atoms with Crippen molar-refractivity contribution in [3.63, 3.8) is 0 Å². The van der Waals surface area contributed by atoms with Crippen molar-refractivity contribution in [2.24, 2.45) is 0 Å². The van der Waals surface area contributed by atoms with Gasteiger partial charge in [-0.3, -0.25) is 0 Å². The summed E-state index contributed by atoms with van der Waals surface area (Å²) >= 11 is 0. The lowest BCUT2D eigenvalue weighted by Gasteiger charge is -2.32. The first-order valence-electron chi connectivity index (χ1n) is 8.01. The zero-order valence-corrected chi connectivity index (χ0v) is 13.0. The van der Waals surface area contributed by atoms with E-state index in [0.717, 1.165) is 19.4 Å². The number of ether oxygens (including phenoxy) is 1. The summed E-state index contributed by atoms with van der Waals surface area (Å²) in [5, 5.41) is 13.3. The van der Waals surface area contributed by atoms with Crippen LogP contribution in [0, 0.1) is 0 Å². The number of fused-ring (bicyclic) bond motifs is 1. The molecular weight excluding hydrogens is 280 g/mol. The highest BCUT2D eigenvalue weighted by Gasteiger charge is 2.32. The summed E-state index contributed by atoms with van der Waals surface area (Å²) in [6, 6.07) is 8.19. The van der Waals surface area contributed by atoms with Gasteiger partial charge in [0.15, 0.2) is 0 Å². The summed E-state index contributed by atoms with van der Waals surface area (Å²) in [5.74, 6) is 0. The third kappa shape index (κ3) is 3.10. The molecule has 2 aliphatic heterocycles. The highest BCUT2D eigenvalue weighted by molar-refractivity contribution is 5.75. The summed E-state index contributed by atoms with van der Waals surface area (Å²) in [5.41, 5.74) is 1.65. The standard InChI is InChI=1S/C17H24N2O3/c1-13-15-6-3-2-5-14(15)11-19(13)16(20)18-9-8-17(21)7-4-10-22-12-17/h2-3,5-6,13,21H,4,7-12H2,1H3,(H,18,20)/t13-,17?/m0/s1. The van der Waals surface area contributed by atoms with Crippen LogP contribution in [0.25, 0.3) is 0 Å². The summed E-state index contributed by atoms with van der Waals surface area (Å²) < 4.78 is 5.33. The Labute approximate surface area is 131 Å². The third-order valence-electron chi connectivity index (χ3n) is 4.74. The SMILES string of the molecule is C[C@H]1c2ccccc2CN1C(=O)NCCC1(O)CCCOC1. The molecule has 0 aliphatic carbocycles. The number of hydrogen-bond acceptors (Lipinski definition) is 3. The van der Waals surface area contributed by atoms with Gasteiger partial charge >= 0.3 is 6.03 Å². The molecule has 2 N–H and O–H groups in total. The molecule has 5 nitrogen and oxygen atoms in total. The van der Waals surface area contributed by atoms with Crippen molar-refractivity contribution in [1.29, 1.82) is 0 Å². The first kappa shape index (κ1) is 15.3. The van der Waals surface area contributed by atoms with E-state index < -0.39 is 5.60 Å². The molecule has 2 heterocycles. The van der Waals surface area contributed by atoms with Crippen molar-refractivity contribution in [1.82, 2.24) is 10.2 Å². The van der Waals surface area contributed by atoms with Crippen LogP contribution in [0.2, 0.25) is 0 Å². The molecule has 3 rings (SSSR count). The number of urea groups is 1. The van der Waals surface area contributed by atoms with Gasteiger partial charge in [0.1, 0.15) is 0 Å². The van der Waals surface area contributed by atoms with Gasteiger partial charge in [-0.2, -0.15) is 0 Å². The van der Waals surface area contributed by atoms with E-state index in [0.29, 0.717) is 26.1 Å². The van der Waals surface area contributed by atoms with Gasteiger partial charge in [0.2, 0.25) is 0 Å². The first-order chi connectivity index (χ1) is 10.6. The van der Waals surface area contributed by atoms with Crippen LogP contribution < -0.4 is 5.32 Å². The first-order valence-corrected chi connectivity index (χ1v) is 8.01. The molecule has 0 bridgehead atoms. The van der Waals surface area contributed by atoms with Crippen LogP contribution in [0.4, 0.5) is 4.79 Å². The van der Waals surface area contributed by atoms with Gasteiger partial charge in [-0.15, -0.1) is 0 Å². The maximum Gasteiger partial charge on any atom is 0.318 e. The highest BCUT2D eigenvalue weighted by atomic mass is 16.5. The fraction of sp³-hybridized carbons (Fsp3) is 0.588. The second-order valence-corrected chi connectivity index (χ2v) is 6.37. The second kappa shape index (κ2) is 6.26. The van der Waals surface area contributed by atoms with Crippen LogP contribution in [-0.4, -0.2) is 41.4 Å². The Hall–Kier alpha value is -1.59. The molecular formula is C17H24N2O3. The lowest BCUT2D eigenvalue weighted by atomic mass is 9.93. The number of nitrogens with one attached hydrogen (secondary N) is 1. The minimum atomic E-state index is -0.787. The predicted octanol–water partition coefficient (Wildman–Crippen LogP) is 2.20. The Bertz CT molecular complexity index is 540. The Kier molecular flexibility index (Phi) is 4.36. The maximum atomic E-state index is 12.4. The quantitative estimate of drug-likeness (QED) is 0.900. The van der Waals surface area contributed by atoms with Gasteiger partial charge in [-0.1, -0.05) is 24.3 Å². The number of rotatable bonds is 3. The maximum absolute atomic E-state index is 12.4. The molecule has 0 spiro atoms. The normalized spacial score (nSPS) is 27.5. The Balaban J connectivity index is 1.51. The molecule has 1 saturated heterocycles. The zero-order chi connectivity index (χ0) is 15.6. The number of hydrogen-bond donors (Lipinski definition) is 2. The van der Waals surface area contributed by atoms with Gasteiger partial charge < -0.3 is 20.1 Å². The zero-order valence-electron chi connectivity index (χ0n) is 13.0. The van der Waals surface area contributed by atoms with E-state index in [1.54, 1.807) is 0 Å². The van der Waals surface area contributed by atoms with Gasteiger partial charge in [-0.05, 0) is 37.3 Å². The van der Waals surface area contributed by atoms with Gasteiger partial charge in [0.05, 0.1) is 18.2 Å². The topological polar surface area (TPSA) is 61.8 Å². The number of aliphatic hydroxyl groups is 1. The minimum Gasteiger partial charge on any atom is -0.387 e. The molecule has 1 aromatic carbocycles. The van der Waals surface area contributed by atoms with Crippen molar-refractivity contribution in [2.45, 2.75) is 44.4 Å². The smallest absolute Gasteiger partial charge is 0.318 e. The van der Waals surface area contributed by atoms with Crippen molar-refractivity contribution in [3.8, 4) is 0 Å². The summed E-state index contributed by atoms with van der Waals surface area (Å²) in [4.78, 5) is 14.2. The monoisotopic (exact) mass is 304 g/mol. The van der Waals surface area contributed by atoms with Crippen molar-refractivity contribution in [2.75, 3.05) is 19.8 Å². The predicted molar refractivity (Wildman–Crippen MR) is 83.4 cm³/mol. The lowest BCUT2D eigenvalue weighted by molar-refractivity contribution is -0.0887. The minimum absolute atomic E-state index is 0.0657.